The van der Waals surface area contributed by atoms with Gasteiger partial charge < -0.3 is 9.84 Å². The minimum Gasteiger partial charge on any atom is -0.440 e. The Labute approximate surface area is 63.3 Å². The molecule has 3 nitrogen and oxygen atoms in total. The van der Waals surface area contributed by atoms with Crippen molar-refractivity contribution >= 4 is 11.3 Å². The highest BCUT2D eigenvalue weighted by Crippen LogP contribution is 2.15. The molecule has 1 atom stereocenters. The number of aliphatic hydroxyl groups is 1. The summed E-state index contributed by atoms with van der Waals surface area (Å²) in [7, 11) is 0. The summed E-state index contributed by atoms with van der Waals surface area (Å²) in [4.78, 5) is 3.84. The van der Waals surface area contributed by atoms with Gasteiger partial charge in [-0.05, 0) is 0 Å². The van der Waals surface area contributed by atoms with Crippen molar-refractivity contribution in [3.63, 3.8) is 0 Å². The van der Waals surface area contributed by atoms with E-state index in [4.69, 9.17) is 9.84 Å². The van der Waals surface area contributed by atoms with E-state index in [1.54, 1.807) is 11.6 Å². The van der Waals surface area contributed by atoms with Gasteiger partial charge in [0, 0.05) is 18.0 Å². The summed E-state index contributed by atoms with van der Waals surface area (Å²) in [6.07, 6.45) is 1.51. The fraction of sp³-hybridized carbons (Fsp3) is 0.500. The van der Waals surface area contributed by atoms with Crippen LogP contribution in [-0.4, -0.2) is 16.4 Å². The molecular weight excluding hydrogens is 150 g/mol. The highest BCUT2D eigenvalue weighted by molar-refractivity contribution is 7.11. The highest BCUT2D eigenvalue weighted by Gasteiger charge is 2.02. The van der Waals surface area contributed by atoms with Gasteiger partial charge in [-0.3, -0.25) is 0 Å². The molecule has 1 N–H and O–H groups in total. The standard InChI is InChI=1S/C6H9NO2S/c1-2-5(8)9-6-7-3-4-10-6/h3-5,8H,2H2,1H3. The monoisotopic (exact) mass is 159 g/mol. The van der Waals surface area contributed by atoms with Crippen molar-refractivity contribution in [2.24, 2.45) is 0 Å². The third kappa shape index (κ3) is 1.97. The average molecular weight is 159 g/mol. The van der Waals surface area contributed by atoms with Crippen LogP contribution >= 0.6 is 11.3 Å². The fourth-order valence-electron chi connectivity index (χ4n) is 0.468. The number of aromatic nitrogens is 1. The second-order valence-electron chi connectivity index (χ2n) is 1.78. The molecule has 0 aliphatic rings. The molecule has 0 amide bonds. The molecule has 1 heterocycles. The van der Waals surface area contributed by atoms with Crippen LogP contribution in [0.25, 0.3) is 0 Å². The maximum Gasteiger partial charge on any atom is 0.275 e. The summed E-state index contributed by atoms with van der Waals surface area (Å²) >= 11 is 1.37. The quantitative estimate of drug-likeness (QED) is 0.675. The van der Waals surface area contributed by atoms with Crippen LogP contribution in [0.1, 0.15) is 13.3 Å². The summed E-state index contributed by atoms with van der Waals surface area (Å²) in [6, 6.07) is 0. The van der Waals surface area contributed by atoms with Gasteiger partial charge in [0.15, 0.2) is 6.29 Å². The maximum atomic E-state index is 8.97. The molecule has 1 aromatic rings. The van der Waals surface area contributed by atoms with E-state index in [-0.39, 0.29) is 0 Å². The number of nitrogens with zero attached hydrogens (tertiary/aromatic N) is 1. The number of aliphatic hydroxyl groups excluding tert-OH is 1. The van der Waals surface area contributed by atoms with Gasteiger partial charge in [0.2, 0.25) is 0 Å². The lowest BCUT2D eigenvalue weighted by atomic mass is 10.5. The molecule has 56 valence electrons. The molecule has 1 rings (SSSR count). The first kappa shape index (κ1) is 7.50. The number of rotatable bonds is 3. The summed E-state index contributed by atoms with van der Waals surface area (Å²) in [6.45, 7) is 1.85. The zero-order valence-corrected chi connectivity index (χ0v) is 6.47. The molecule has 4 heteroatoms. The number of hydrogen-bond donors (Lipinski definition) is 1. The summed E-state index contributed by atoms with van der Waals surface area (Å²) in [5, 5.41) is 11.3. The van der Waals surface area contributed by atoms with Crippen LogP contribution in [0.3, 0.4) is 0 Å². The average Bonchev–Trinajstić information content (AvgIpc) is 2.40. The first-order valence-electron chi connectivity index (χ1n) is 3.07. The Hall–Kier alpha value is -0.610. The lowest BCUT2D eigenvalue weighted by Gasteiger charge is -2.06. The fourth-order valence-corrected chi connectivity index (χ4v) is 0.995. The zero-order chi connectivity index (χ0) is 7.40. The third-order valence-electron chi connectivity index (χ3n) is 0.996. The van der Waals surface area contributed by atoms with Crippen molar-refractivity contribution in [2.45, 2.75) is 19.6 Å². The van der Waals surface area contributed by atoms with Crippen molar-refractivity contribution in [2.75, 3.05) is 0 Å². The second-order valence-corrected chi connectivity index (χ2v) is 2.64. The molecule has 1 unspecified atom stereocenters. The normalized spacial score (nSPS) is 13.0. The molecule has 0 radical (unpaired) electrons. The zero-order valence-electron chi connectivity index (χ0n) is 5.65. The second kappa shape index (κ2) is 3.53. The van der Waals surface area contributed by atoms with Gasteiger partial charge in [0.1, 0.15) is 0 Å². The van der Waals surface area contributed by atoms with Gasteiger partial charge in [-0.2, -0.15) is 0 Å². The van der Waals surface area contributed by atoms with E-state index in [0.717, 1.165) is 0 Å². The molecule has 0 fully saturated rings. The molecule has 0 saturated heterocycles. The topological polar surface area (TPSA) is 42.4 Å². The first-order chi connectivity index (χ1) is 4.83. The first-order valence-corrected chi connectivity index (χ1v) is 3.95. The van der Waals surface area contributed by atoms with E-state index in [9.17, 15) is 0 Å². The largest absolute Gasteiger partial charge is 0.440 e. The van der Waals surface area contributed by atoms with Gasteiger partial charge in [-0.1, -0.05) is 18.3 Å². The van der Waals surface area contributed by atoms with E-state index in [1.807, 2.05) is 6.92 Å². The number of thiazole rings is 1. The van der Waals surface area contributed by atoms with Gasteiger partial charge >= 0.3 is 0 Å². The number of ether oxygens (including phenoxy) is 1. The predicted molar refractivity (Wildman–Crippen MR) is 39.0 cm³/mol. The van der Waals surface area contributed by atoms with Gasteiger partial charge in [0.25, 0.3) is 5.19 Å². The molecule has 0 saturated carbocycles. The lowest BCUT2D eigenvalue weighted by molar-refractivity contribution is -0.0192. The lowest BCUT2D eigenvalue weighted by Crippen LogP contribution is -2.13. The van der Waals surface area contributed by atoms with Gasteiger partial charge in [-0.15, -0.1) is 0 Å². The van der Waals surface area contributed by atoms with Crippen LogP contribution in [-0.2, 0) is 0 Å². The molecule has 1 aromatic heterocycles. The summed E-state index contributed by atoms with van der Waals surface area (Å²) < 4.78 is 4.97. The molecule has 0 aliphatic carbocycles. The minimum absolute atomic E-state index is 0.523. The van der Waals surface area contributed by atoms with Crippen LogP contribution < -0.4 is 4.74 Å². The van der Waals surface area contributed by atoms with Crippen LogP contribution in [0, 0.1) is 0 Å². The van der Waals surface area contributed by atoms with E-state index < -0.39 is 6.29 Å². The van der Waals surface area contributed by atoms with Crippen LogP contribution in [0.15, 0.2) is 11.6 Å². The molecule has 0 aromatic carbocycles. The Bertz CT molecular complexity index is 176. The van der Waals surface area contributed by atoms with Crippen LogP contribution in [0.2, 0.25) is 0 Å². The predicted octanol–water partition coefficient (Wildman–Crippen LogP) is 1.25. The van der Waals surface area contributed by atoms with Crippen LogP contribution in [0.5, 0.6) is 5.19 Å². The minimum atomic E-state index is -0.717. The van der Waals surface area contributed by atoms with Crippen molar-refractivity contribution in [1.82, 2.24) is 4.98 Å². The van der Waals surface area contributed by atoms with E-state index in [2.05, 4.69) is 4.98 Å². The van der Waals surface area contributed by atoms with Crippen LogP contribution in [0.4, 0.5) is 0 Å². The molecule has 0 spiro atoms. The Balaban J connectivity index is 2.40. The maximum absolute atomic E-state index is 8.97. The van der Waals surface area contributed by atoms with E-state index in [0.29, 0.717) is 11.6 Å². The van der Waals surface area contributed by atoms with Crippen molar-refractivity contribution in [3.05, 3.63) is 11.6 Å². The molecular formula is C6H9NO2S. The third-order valence-corrected chi connectivity index (χ3v) is 1.66. The Morgan fingerprint density at radius 3 is 3.20 bits per heavy atom. The SMILES string of the molecule is CCC(O)Oc1nccs1. The Kier molecular flexibility index (Phi) is 2.65. The van der Waals surface area contributed by atoms with E-state index >= 15 is 0 Å². The number of hydrogen-bond acceptors (Lipinski definition) is 4. The van der Waals surface area contributed by atoms with Crippen molar-refractivity contribution in [1.29, 1.82) is 0 Å². The molecule has 0 aliphatic heterocycles. The molecule has 10 heavy (non-hydrogen) atoms. The molecule has 0 bridgehead atoms. The highest BCUT2D eigenvalue weighted by atomic mass is 32.1. The smallest absolute Gasteiger partial charge is 0.275 e. The summed E-state index contributed by atoms with van der Waals surface area (Å²) in [5.41, 5.74) is 0. The van der Waals surface area contributed by atoms with Crippen molar-refractivity contribution < 1.29 is 9.84 Å². The van der Waals surface area contributed by atoms with E-state index in [1.165, 1.54) is 11.3 Å². The van der Waals surface area contributed by atoms with Crippen molar-refractivity contribution in [3.8, 4) is 5.19 Å². The Morgan fingerprint density at radius 1 is 1.90 bits per heavy atom. The van der Waals surface area contributed by atoms with Gasteiger partial charge in [-0.25, -0.2) is 4.98 Å². The Morgan fingerprint density at radius 2 is 2.70 bits per heavy atom. The van der Waals surface area contributed by atoms with Gasteiger partial charge in [0.05, 0.1) is 0 Å². The summed E-state index contributed by atoms with van der Waals surface area (Å²) in [5.74, 6) is 0.